The maximum Gasteiger partial charge on any atom is 0.322 e. The molecule has 0 spiro atoms. The molecule has 1 atom stereocenters. The van der Waals surface area contributed by atoms with Crippen LogP contribution in [-0.2, 0) is 46.2 Å². The van der Waals surface area contributed by atoms with Gasteiger partial charge in [0.05, 0.1) is 25.4 Å². The predicted octanol–water partition coefficient (Wildman–Crippen LogP) is 9.71. The summed E-state index contributed by atoms with van der Waals surface area (Å²) in [5.41, 5.74) is 3.71. The molecule has 1 aliphatic heterocycles. The van der Waals surface area contributed by atoms with Gasteiger partial charge < -0.3 is 24.3 Å². The third-order valence-electron chi connectivity index (χ3n) is 8.84. The third-order valence-corrected chi connectivity index (χ3v) is 9.82. The Bertz CT molecular complexity index is 2240. The molecular weight excluding hydrogens is 852 g/mol. The van der Waals surface area contributed by atoms with Crippen molar-refractivity contribution < 1.29 is 33.3 Å². The Morgan fingerprint density at radius 1 is 0.544 bits per heavy atom. The number of nitrogens with one attached hydrogen (secondary N) is 2. The quantitative estimate of drug-likeness (QED) is 0.0736. The van der Waals surface area contributed by atoms with Crippen molar-refractivity contribution in [2.45, 2.75) is 32.0 Å². The lowest BCUT2D eigenvalue weighted by Gasteiger charge is -2.28. The summed E-state index contributed by atoms with van der Waals surface area (Å²) in [5, 5.41) is 5.09. The SMILES string of the molecule is O=C(COCc1ccccc1)c1ccc(Br)cc1OCc1ccccc1.O=C1NC(=O)C(COCc2ccccc2)(c2ccc(Br)cc2OCc2ccccc2)N1. The summed E-state index contributed by atoms with van der Waals surface area (Å²) in [4.78, 5) is 37.6. The zero-order chi connectivity index (χ0) is 39.9. The van der Waals surface area contributed by atoms with E-state index < -0.39 is 17.5 Å². The second-order valence-electron chi connectivity index (χ2n) is 13.0. The van der Waals surface area contributed by atoms with E-state index in [-0.39, 0.29) is 19.0 Å². The van der Waals surface area contributed by atoms with Gasteiger partial charge in [0.1, 0.15) is 31.3 Å². The zero-order valence-corrected chi connectivity index (χ0v) is 34.0. The Kier molecular flexibility index (Phi) is 14.8. The highest BCUT2D eigenvalue weighted by Gasteiger charge is 2.50. The van der Waals surface area contributed by atoms with Gasteiger partial charge in [-0.3, -0.25) is 14.9 Å². The number of benzene rings is 6. The number of urea groups is 1. The van der Waals surface area contributed by atoms with E-state index in [9.17, 15) is 14.4 Å². The highest BCUT2D eigenvalue weighted by molar-refractivity contribution is 9.10. The molecule has 6 aromatic carbocycles. The van der Waals surface area contributed by atoms with Gasteiger partial charge in [-0.1, -0.05) is 159 Å². The van der Waals surface area contributed by atoms with Gasteiger partial charge in [-0.15, -0.1) is 0 Å². The van der Waals surface area contributed by atoms with E-state index in [1.807, 2.05) is 133 Å². The van der Waals surface area contributed by atoms with Gasteiger partial charge in [0.25, 0.3) is 5.91 Å². The molecule has 1 heterocycles. The second kappa shape index (κ2) is 20.5. The molecule has 6 aromatic rings. The van der Waals surface area contributed by atoms with Crippen molar-refractivity contribution in [3.05, 3.63) is 200 Å². The first-order chi connectivity index (χ1) is 27.8. The van der Waals surface area contributed by atoms with Crippen LogP contribution in [0.5, 0.6) is 11.5 Å². The first-order valence-corrected chi connectivity index (χ1v) is 19.7. The van der Waals surface area contributed by atoms with E-state index in [1.54, 1.807) is 24.3 Å². The smallest absolute Gasteiger partial charge is 0.322 e. The molecule has 1 aliphatic rings. The Balaban J connectivity index is 0.000000196. The Morgan fingerprint density at radius 2 is 1.00 bits per heavy atom. The van der Waals surface area contributed by atoms with Crippen LogP contribution in [0, 0.1) is 0 Å². The molecule has 1 fully saturated rings. The number of amides is 3. The summed E-state index contributed by atoms with van der Waals surface area (Å²) in [6, 6.07) is 49.2. The summed E-state index contributed by atoms with van der Waals surface area (Å²) in [5.74, 6) is 0.462. The lowest BCUT2D eigenvalue weighted by Crippen LogP contribution is -2.48. The van der Waals surface area contributed by atoms with Crippen molar-refractivity contribution in [1.82, 2.24) is 10.6 Å². The fourth-order valence-corrected chi connectivity index (χ4v) is 6.64. The van der Waals surface area contributed by atoms with Crippen LogP contribution in [0.1, 0.15) is 38.2 Å². The Hall–Kier alpha value is -5.59. The van der Waals surface area contributed by atoms with Crippen LogP contribution in [0.2, 0.25) is 0 Å². The van der Waals surface area contributed by atoms with Crippen LogP contribution < -0.4 is 20.1 Å². The molecule has 7 rings (SSSR count). The molecule has 290 valence electrons. The van der Waals surface area contributed by atoms with Gasteiger partial charge in [0.2, 0.25) is 0 Å². The van der Waals surface area contributed by atoms with E-state index in [0.717, 1.165) is 31.2 Å². The first-order valence-electron chi connectivity index (χ1n) is 18.1. The van der Waals surface area contributed by atoms with Gasteiger partial charge in [-0.2, -0.15) is 0 Å². The van der Waals surface area contributed by atoms with Gasteiger partial charge in [0.15, 0.2) is 11.3 Å². The largest absolute Gasteiger partial charge is 0.488 e. The fourth-order valence-electron chi connectivity index (χ4n) is 5.96. The lowest BCUT2D eigenvalue weighted by molar-refractivity contribution is -0.127. The highest BCUT2D eigenvalue weighted by Crippen LogP contribution is 2.36. The first kappa shape index (κ1) is 41.1. The number of ketones is 1. The molecule has 0 aromatic heterocycles. The predicted molar refractivity (Wildman–Crippen MR) is 225 cm³/mol. The van der Waals surface area contributed by atoms with Gasteiger partial charge in [-0.25, -0.2) is 4.79 Å². The molecule has 0 saturated carbocycles. The van der Waals surface area contributed by atoms with Crippen molar-refractivity contribution in [2.75, 3.05) is 13.2 Å². The Labute approximate surface area is 348 Å². The van der Waals surface area contributed by atoms with Crippen LogP contribution in [0.15, 0.2) is 167 Å². The van der Waals surface area contributed by atoms with Gasteiger partial charge >= 0.3 is 6.03 Å². The van der Waals surface area contributed by atoms with Gasteiger partial charge in [0, 0.05) is 14.5 Å². The van der Waals surface area contributed by atoms with E-state index in [4.69, 9.17) is 18.9 Å². The summed E-state index contributed by atoms with van der Waals surface area (Å²) < 4.78 is 25.1. The number of hydrogen-bond acceptors (Lipinski definition) is 7. The molecule has 3 amide bonds. The topological polar surface area (TPSA) is 112 Å². The van der Waals surface area contributed by atoms with Gasteiger partial charge in [-0.05, 0) is 52.6 Å². The van der Waals surface area contributed by atoms with Crippen molar-refractivity contribution in [3.8, 4) is 11.5 Å². The van der Waals surface area contributed by atoms with Crippen LogP contribution in [0.3, 0.4) is 0 Å². The highest BCUT2D eigenvalue weighted by atomic mass is 79.9. The summed E-state index contributed by atoms with van der Waals surface area (Å²) in [6.45, 7) is 1.41. The molecule has 2 N–H and O–H groups in total. The third kappa shape index (κ3) is 11.7. The molecule has 9 nitrogen and oxygen atoms in total. The zero-order valence-electron chi connectivity index (χ0n) is 30.9. The Morgan fingerprint density at radius 3 is 1.51 bits per heavy atom. The van der Waals surface area contributed by atoms with E-state index in [1.165, 1.54) is 0 Å². The minimum absolute atomic E-state index is 0.0121. The van der Waals surface area contributed by atoms with Crippen LogP contribution >= 0.6 is 31.9 Å². The molecule has 57 heavy (non-hydrogen) atoms. The number of Topliss-reactive ketones (excluding diaryl/α,β-unsaturated/α-hetero) is 1. The normalized spacial score (nSPS) is 14.5. The molecule has 0 bridgehead atoms. The van der Waals surface area contributed by atoms with Crippen molar-refractivity contribution in [3.63, 3.8) is 0 Å². The molecule has 0 radical (unpaired) electrons. The van der Waals surface area contributed by atoms with Crippen molar-refractivity contribution in [1.29, 1.82) is 0 Å². The van der Waals surface area contributed by atoms with Crippen LogP contribution in [0.25, 0.3) is 0 Å². The number of carbonyl (C=O) groups excluding carboxylic acids is 3. The van der Waals surface area contributed by atoms with Crippen molar-refractivity contribution >= 4 is 49.6 Å². The monoisotopic (exact) mass is 890 g/mol. The number of rotatable bonds is 16. The van der Waals surface area contributed by atoms with Crippen LogP contribution in [0.4, 0.5) is 4.79 Å². The van der Waals surface area contributed by atoms with E-state index in [0.29, 0.717) is 49.1 Å². The van der Waals surface area contributed by atoms with E-state index in [2.05, 4.69) is 42.5 Å². The average Bonchev–Trinajstić information content (AvgIpc) is 3.53. The maximum absolute atomic E-state index is 12.9. The minimum Gasteiger partial charge on any atom is -0.488 e. The van der Waals surface area contributed by atoms with Crippen molar-refractivity contribution in [2.24, 2.45) is 0 Å². The number of hydrogen-bond donors (Lipinski definition) is 2. The maximum atomic E-state index is 12.9. The molecule has 0 aliphatic carbocycles. The van der Waals surface area contributed by atoms with Crippen LogP contribution in [-0.4, -0.2) is 30.9 Å². The second-order valence-corrected chi connectivity index (χ2v) is 14.9. The number of ether oxygens (including phenoxy) is 4. The number of imide groups is 1. The standard InChI is InChI=1S/C24H21BrN2O4.C22H19BrO3/c25-19-11-12-20(21(13-19)31-15-18-9-5-2-6-10-18)24(22(28)26-23(29)27-24)16-30-14-17-7-3-1-4-8-17;23-19-11-12-20(21(24)16-25-14-17-7-3-1-4-8-17)22(13-19)26-15-18-9-5-2-6-10-18/h1-13H,14-16H2,(H2,26,27,28,29);1-13H,14-16H2. The summed E-state index contributed by atoms with van der Waals surface area (Å²) in [6.07, 6.45) is 0. The number of carbonyl (C=O) groups is 3. The summed E-state index contributed by atoms with van der Waals surface area (Å²) in [7, 11) is 0. The lowest BCUT2D eigenvalue weighted by atomic mass is 9.90. The molecular formula is C46H40Br2N2O7. The van der Waals surface area contributed by atoms with E-state index >= 15 is 0 Å². The number of halogens is 2. The fraction of sp³-hybridized carbons (Fsp3) is 0.152. The minimum atomic E-state index is -1.39. The molecule has 1 saturated heterocycles. The average molecular weight is 893 g/mol. The summed E-state index contributed by atoms with van der Waals surface area (Å²) >= 11 is 6.89. The molecule has 11 heteroatoms. The molecule has 1 unspecified atom stereocenters.